The number of nitrogens with one attached hydrogen (secondary N) is 1. The molecule has 0 unspecified atom stereocenters. The highest BCUT2D eigenvalue weighted by Crippen LogP contribution is 2.28. The van der Waals surface area contributed by atoms with Gasteiger partial charge in [0.15, 0.2) is 0 Å². The SMILES string of the molecule is Cc1cccc(NC(=O)CN(C)C(=O)COCC2CC2)n1. The number of ether oxygens (including phenoxy) is 1. The monoisotopic (exact) mass is 291 g/mol. The summed E-state index contributed by atoms with van der Waals surface area (Å²) in [6.07, 6.45) is 2.38. The molecule has 0 bridgehead atoms. The van der Waals surface area contributed by atoms with Crippen LogP contribution in [0.5, 0.6) is 0 Å². The van der Waals surface area contributed by atoms with E-state index in [1.807, 2.05) is 19.1 Å². The van der Waals surface area contributed by atoms with Gasteiger partial charge in [-0.15, -0.1) is 0 Å². The van der Waals surface area contributed by atoms with Crippen molar-refractivity contribution in [1.82, 2.24) is 9.88 Å². The van der Waals surface area contributed by atoms with Crippen LogP contribution in [0, 0.1) is 12.8 Å². The highest BCUT2D eigenvalue weighted by molar-refractivity contribution is 5.93. The fourth-order valence-electron chi connectivity index (χ4n) is 1.81. The zero-order chi connectivity index (χ0) is 15.2. The van der Waals surface area contributed by atoms with E-state index >= 15 is 0 Å². The zero-order valence-corrected chi connectivity index (χ0v) is 12.5. The number of aromatic nitrogens is 1. The largest absolute Gasteiger partial charge is 0.371 e. The van der Waals surface area contributed by atoms with Gasteiger partial charge >= 0.3 is 0 Å². The standard InChI is InChI=1S/C15H21N3O3/c1-11-4-3-5-13(16-11)17-14(19)8-18(2)15(20)10-21-9-12-6-7-12/h3-5,12H,6-10H2,1-2H3,(H,16,17,19). The first-order chi connectivity index (χ1) is 10.0. The summed E-state index contributed by atoms with van der Waals surface area (Å²) in [6.45, 7) is 2.51. The molecular weight excluding hydrogens is 270 g/mol. The summed E-state index contributed by atoms with van der Waals surface area (Å²) in [5.41, 5.74) is 0.825. The number of nitrogens with zero attached hydrogens (tertiary/aromatic N) is 2. The molecule has 1 heterocycles. The predicted molar refractivity (Wildman–Crippen MR) is 78.8 cm³/mol. The molecule has 6 heteroatoms. The molecule has 1 saturated carbocycles. The molecule has 0 aliphatic heterocycles. The smallest absolute Gasteiger partial charge is 0.248 e. The summed E-state index contributed by atoms with van der Waals surface area (Å²) in [4.78, 5) is 29.2. The molecule has 2 amide bonds. The van der Waals surface area contributed by atoms with Gasteiger partial charge in [-0.05, 0) is 37.8 Å². The van der Waals surface area contributed by atoms with E-state index in [1.165, 1.54) is 17.7 Å². The van der Waals surface area contributed by atoms with Crippen LogP contribution in [0.2, 0.25) is 0 Å². The Kier molecular flexibility index (Phi) is 5.27. The van der Waals surface area contributed by atoms with E-state index in [1.54, 1.807) is 13.1 Å². The van der Waals surface area contributed by atoms with Crippen molar-refractivity contribution in [3.05, 3.63) is 23.9 Å². The van der Waals surface area contributed by atoms with Crippen LogP contribution in [0.25, 0.3) is 0 Å². The number of rotatable bonds is 7. The molecule has 0 saturated heterocycles. The van der Waals surface area contributed by atoms with Gasteiger partial charge in [-0.1, -0.05) is 6.07 Å². The topological polar surface area (TPSA) is 71.5 Å². The van der Waals surface area contributed by atoms with Crippen molar-refractivity contribution in [2.45, 2.75) is 19.8 Å². The maximum atomic E-state index is 11.8. The van der Waals surface area contributed by atoms with Crippen molar-refractivity contribution >= 4 is 17.6 Å². The highest BCUT2D eigenvalue weighted by Gasteiger charge is 2.22. The number of hydrogen-bond donors (Lipinski definition) is 1. The van der Waals surface area contributed by atoms with Gasteiger partial charge in [0.25, 0.3) is 0 Å². The van der Waals surface area contributed by atoms with Gasteiger partial charge in [0.2, 0.25) is 11.8 Å². The molecule has 0 radical (unpaired) electrons. The van der Waals surface area contributed by atoms with E-state index in [2.05, 4.69) is 10.3 Å². The summed E-state index contributed by atoms with van der Waals surface area (Å²) in [6, 6.07) is 5.38. The van der Waals surface area contributed by atoms with Crippen molar-refractivity contribution in [2.24, 2.45) is 5.92 Å². The fraction of sp³-hybridized carbons (Fsp3) is 0.533. The lowest BCUT2D eigenvalue weighted by Crippen LogP contribution is -2.37. The third-order valence-corrected chi connectivity index (χ3v) is 3.24. The van der Waals surface area contributed by atoms with Gasteiger partial charge in [-0.3, -0.25) is 9.59 Å². The number of carbonyl (C=O) groups is 2. The molecule has 21 heavy (non-hydrogen) atoms. The van der Waals surface area contributed by atoms with Crippen molar-refractivity contribution < 1.29 is 14.3 Å². The van der Waals surface area contributed by atoms with Crippen LogP contribution < -0.4 is 5.32 Å². The maximum Gasteiger partial charge on any atom is 0.248 e. The lowest BCUT2D eigenvalue weighted by molar-refractivity contribution is -0.137. The molecule has 0 aromatic carbocycles. The number of aryl methyl sites for hydroxylation is 1. The molecule has 0 spiro atoms. The molecule has 1 aliphatic rings. The molecule has 1 fully saturated rings. The Balaban J connectivity index is 1.71. The minimum atomic E-state index is -0.272. The van der Waals surface area contributed by atoms with E-state index in [9.17, 15) is 9.59 Å². The first kappa shape index (κ1) is 15.4. The highest BCUT2D eigenvalue weighted by atomic mass is 16.5. The minimum absolute atomic E-state index is 0.0127. The summed E-state index contributed by atoms with van der Waals surface area (Å²) < 4.78 is 5.32. The van der Waals surface area contributed by atoms with E-state index < -0.39 is 0 Å². The lowest BCUT2D eigenvalue weighted by Gasteiger charge is -2.16. The van der Waals surface area contributed by atoms with Gasteiger partial charge in [0, 0.05) is 12.7 Å². The lowest BCUT2D eigenvalue weighted by atomic mass is 10.3. The average molecular weight is 291 g/mol. The van der Waals surface area contributed by atoms with E-state index in [4.69, 9.17) is 4.74 Å². The number of amides is 2. The Labute approximate surface area is 124 Å². The minimum Gasteiger partial charge on any atom is -0.371 e. The summed E-state index contributed by atoms with van der Waals surface area (Å²) in [7, 11) is 1.59. The second-order valence-electron chi connectivity index (χ2n) is 5.42. The van der Waals surface area contributed by atoms with Crippen molar-refractivity contribution in [2.75, 3.05) is 32.1 Å². The van der Waals surface area contributed by atoms with Crippen LogP contribution in [-0.2, 0) is 14.3 Å². The molecule has 1 aromatic heterocycles. The Bertz CT molecular complexity index is 515. The maximum absolute atomic E-state index is 11.8. The second-order valence-corrected chi connectivity index (χ2v) is 5.42. The fourth-order valence-corrected chi connectivity index (χ4v) is 1.81. The summed E-state index contributed by atoms with van der Waals surface area (Å²) in [5, 5.41) is 2.67. The Morgan fingerprint density at radius 3 is 2.86 bits per heavy atom. The van der Waals surface area contributed by atoms with Gasteiger partial charge < -0.3 is 15.0 Å². The van der Waals surface area contributed by atoms with Gasteiger partial charge in [-0.25, -0.2) is 4.98 Å². The quantitative estimate of drug-likeness (QED) is 0.819. The first-order valence-electron chi connectivity index (χ1n) is 7.10. The molecule has 114 valence electrons. The summed E-state index contributed by atoms with van der Waals surface area (Å²) >= 11 is 0. The molecule has 0 atom stereocenters. The van der Waals surface area contributed by atoms with Crippen molar-refractivity contribution in [3.8, 4) is 0 Å². The van der Waals surface area contributed by atoms with Crippen molar-refractivity contribution in [3.63, 3.8) is 0 Å². The van der Waals surface area contributed by atoms with E-state index in [-0.39, 0.29) is 25.0 Å². The van der Waals surface area contributed by atoms with Crippen LogP contribution in [-0.4, -0.2) is 48.5 Å². The van der Waals surface area contributed by atoms with Gasteiger partial charge in [0.05, 0.1) is 13.2 Å². The molecule has 2 rings (SSSR count). The van der Waals surface area contributed by atoms with Crippen LogP contribution in [0.15, 0.2) is 18.2 Å². The third kappa shape index (κ3) is 5.51. The molecule has 6 nitrogen and oxygen atoms in total. The van der Waals surface area contributed by atoms with E-state index in [0.717, 1.165) is 5.69 Å². The van der Waals surface area contributed by atoms with Crippen molar-refractivity contribution in [1.29, 1.82) is 0 Å². The second kappa shape index (κ2) is 7.17. The molecule has 1 aromatic rings. The Hall–Kier alpha value is -1.95. The van der Waals surface area contributed by atoms with Crippen LogP contribution in [0.1, 0.15) is 18.5 Å². The predicted octanol–water partition coefficient (Wildman–Crippen LogP) is 1.21. The normalized spacial score (nSPS) is 13.8. The zero-order valence-electron chi connectivity index (χ0n) is 12.5. The van der Waals surface area contributed by atoms with Crippen LogP contribution in [0.3, 0.4) is 0 Å². The number of likely N-dealkylation sites (N-methyl/N-ethyl adjacent to an activating group) is 1. The van der Waals surface area contributed by atoms with Crippen LogP contribution >= 0.6 is 0 Å². The average Bonchev–Trinajstić information content (AvgIpc) is 3.22. The number of anilines is 1. The van der Waals surface area contributed by atoms with E-state index in [0.29, 0.717) is 18.3 Å². The Morgan fingerprint density at radius 2 is 2.19 bits per heavy atom. The number of hydrogen-bond acceptors (Lipinski definition) is 4. The first-order valence-corrected chi connectivity index (χ1v) is 7.10. The van der Waals surface area contributed by atoms with Gasteiger partial charge in [-0.2, -0.15) is 0 Å². The molecular formula is C15H21N3O3. The summed E-state index contributed by atoms with van der Waals surface area (Å²) in [5.74, 6) is 0.652. The number of pyridine rings is 1. The molecule has 1 N–H and O–H groups in total. The third-order valence-electron chi connectivity index (χ3n) is 3.24. The van der Waals surface area contributed by atoms with Crippen LogP contribution in [0.4, 0.5) is 5.82 Å². The number of carbonyl (C=O) groups excluding carboxylic acids is 2. The Morgan fingerprint density at radius 1 is 1.43 bits per heavy atom. The molecule has 1 aliphatic carbocycles. The van der Waals surface area contributed by atoms with Gasteiger partial charge in [0.1, 0.15) is 12.4 Å².